The van der Waals surface area contributed by atoms with Crippen molar-refractivity contribution in [3.8, 4) is 0 Å². The zero-order valence-electron chi connectivity index (χ0n) is 11.7. The lowest BCUT2D eigenvalue weighted by Gasteiger charge is -2.40. The second-order valence-corrected chi connectivity index (χ2v) is 5.72. The molecule has 4 heteroatoms. The van der Waals surface area contributed by atoms with Crippen LogP contribution in [-0.2, 0) is 11.3 Å². The summed E-state index contributed by atoms with van der Waals surface area (Å²) < 4.78 is 0. The minimum absolute atomic E-state index is 0.0426. The maximum Gasteiger partial charge on any atom is 0.238 e. The molecule has 1 aliphatic rings. The summed E-state index contributed by atoms with van der Waals surface area (Å²) in [5, 5.41) is 2.96. The van der Waals surface area contributed by atoms with Crippen LogP contribution in [0, 0.1) is 0 Å². The fourth-order valence-corrected chi connectivity index (χ4v) is 2.66. The highest BCUT2D eigenvalue weighted by atomic mass is 16.2. The number of hydrogen-bond donors (Lipinski definition) is 2. The Morgan fingerprint density at radius 3 is 2.68 bits per heavy atom. The third kappa shape index (κ3) is 3.14. The van der Waals surface area contributed by atoms with E-state index in [1.165, 1.54) is 5.56 Å². The predicted molar refractivity (Wildman–Crippen MR) is 76.5 cm³/mol. The molecule has 1 aromatic carbocycles. The summed E-state index contributed by atoms with van der Waals surface area (Å²) in [6.07, 6.45) is 0.933. The van der Waals surface area contributed by atoms with Crippen LogP contribution in [0.25, 0.3) is 0 Å². The van der Waals surface area contributed by atoms with Crippen molar-refractivity contribution in [2.24, 2.45) is 5.73 Å². The van der Waals surface area contributed by atoms with Gasteiger partial charge in [0.2, 0.25) is 5.91 Å². The van der Waals surface area contributed by atoms with Crippen LogP contribution in [0.1, 0.15) is 25.8 Å². The molecule has 1 atom stereocenters. The van der Waals surface area contributed by atoms with Crippen LogP contribution in [-0.4, -0.2) is 35.5 Å². The van der Waals surface area contributed by atoms with Gasteiger partial charge in [-0.1, -0.05) is 30.3 Å². The summed E-state index contributed by atoms with van der Waals surface area (Å²) in [5.74, 6) is 0.0454. The highest BCUT2D eigenvalue weighted by Gasteiger charge is 2.37. The molecule has 0 spiro atoms. The van der Waals surface area contributed by atoms with E-state index in [2.05, 4.69) is 36.2 Å². The third-order valence-electron chi connectivity index (χ3n) is 3.91. The first kappa shape index (κ1) is 14.0. The average Bonchev–Trinajstić information content (AvgIpc) is 2.48. The van der Waals surface area contributed by atoms with E-state index in [0.717, 1.165) is 13.0 Å². The monoisotopic (exact) mass is 261 g/mol. The fraction of sp³-hybridized carbons (Fsp3) is 0.533. The van der Waals surface area contributed by atoms with Crippen LogP contribution in [0.4, 0.5) is 0 Å². The summed E-state index contributed by atoms with van der Waals surface area (Å²) in [4.78, 5) is 14.3. The summed E-state index contributed by atoms with van der Waals surface area (Å²) in [6.45, 7) is 6.18. The molecule has 1 heterocycles. The molecule has 1 amide bonds. The van der Waals surface area contributed by atoms with Crippen LogP contribution in [0.3, 0.4) is 0 Å². The van der Waals surface area contributed by atoms with E-state index < -0.39 is 0 Å². The van der Waals surface area contributed by atoms with Crippen LogP contribution < -0.4 is 11.1 Å². The summed E-state index contributed by atoms with van der Waals surface area (Å²) in [6, 6.07) is 9.98. The molecule has 0 radical (unpaired) electrons. The van der Waals surface area contributed by atoms with Crippen LogP contribution in [0.15, 0.2) is 30.3 Å². The smallest absolute Gasteiger partial charge is 0.238 e. The van der Waals surface area contributed by atoms with Gasteiger partial charge < -0.3 is 11.1 Å². The molecular weight excluding hydrogens is 238 g/mol. The Morgan fingerprint density at radius 1 is 1.37 bits per heavy atom. The zero-order valence-corrected chi connectivity index (χ0v) is 11.7. The minimum Gasteiger partial charge on any atom is -0.355 e. The maximum atomic E-state index is 12.1. The SMILES string of the molecule is CC1(C)CCNC(=O)C(CN)N1Cc1ccccc1. The molecule has 0 aromatic heterocycles. The first-order chi connectivity index (χ1) is 9.04. The molecule has 19 heavy (non-hydrogen) atoms. The fourth-order valence-electron chi connectivity index (χ4n) is 2.66. The van der Waals surface area contributed by atoms with Crippen molar-refractivity contribution >= 4 is 5.91 Å². The van der Waals surface area contributed by atoms with Gasteiger partial charge in [-0.3, -0.25) is 9.69 Å². The number of carbonyl (C=O) groups excluding carboxylic acids is 1. The van der Waals surface area contributed by atoms with E-state index in [1.54, 1.807) is 0 Å². The Morgan fingerprint density at radius 2 is 2.05 bits per heavy atom. The number of nitrogens with zero attached hydrogens (tertiary/aromatic N) is 1. The normalized spacial score (nSPS) is 23.7. The second-order valence-electron chi connectivity index (χ2n) is 5.72. The number of amides is 1. The standard InChI is InChI=1S/C15H23N3O/c1-15(2)8-9-17-14(19)13(10-16)18(15)11-12-6-4-3-5-7-12/h3-7,13H,8-11,16H2,1-2H3,(H,17,19). The molecule has 104 valence electrons. The Balaban J connectivity index is 2.27. The minimum atomic E-state index is -0.252. The van der Waals surface area contributed by atoms with Crippen molar-refractivity contribution in [1.82, 2.24) is 10.2 Å². The van der Waals surface area contributed by atoms with Crippen molar-refractivity contribution in [1.29, 1.82) is 0 Å². The van der Waals surface area contributed by atoms with Gasteiger partial charge in [0.25, 0.3) is 0 Å². The van der Waals surface area contributed by atoms with Gasteiger partial charge >= 0.3 is 0 Å². The molecule has 1 saturated heterocycles. The largest absolute Gasteiger partial charge is 0.355 e. The van der Waals surface area contributed by atoms with Gasteiger partial charge in [0.05, 0.1) is 0 Å². The predicted octanol–water partition coefficient (Wildman–Crippen LogP) is 1.11. The average molecular weight is 261 g/mol. The van der Waals surface area contributed by atoms with Gasteiger partial charge in [-0.05, 0) is 25.8 Å². The van der Waals surface area contributed by atoms with Crippen molar-refractivity contribution in [2.75, 3.05) is 13.1 Å². The molecule has 1 fully saturated rings. The molecule has 1 aromatic rings. The molecule has 0 saturated carbocycles. The van der Waals surface area contributed by atoms with Gasteiger partial charge in [-0.25, -0.2) is 0 Å². The highest BCUT2D eigenvalue weighted by Crippen LogP contribution is 2.26. The Labute approximate surface area is 115 Å². The van der Waals surface area contributed by atoms with Gasteiger partial charge in [0.1, 0.15) is 6.04 Å². The molecule has 1 aliphatic heterocycles. The van der Waals surface area contributed by atoms with Gasteiger partial charge in [0.15, 0.2) is 0 Å². The number of benzene rings is 1. The highest BCUT2D eigenvalue weighted by molar-refractivity contribution is 5.82. The van der Waals surface area contributed by atoms with E-state index in [-0.39, 0.29) is 17.5 Å². The van der Waals surface area contributed by atoms with Gasteiger partial charge in [0, 0.05) is 25.2 Å². The van der Waals surface area contributed by atoms with Crippen molar-refractivity contribution < 1.29 is 4.79 Å². The Kier molecular flexibility index (Phi) is 4.22. The van der Waals surface area contributed by atoms with E-state index in [9.17, 15) is 4.79 Å². The molecular formula is C15H23N3O. The molecule has 3 N–H and O–H groups in total. The number of hydrogen-bond acceptors (Lipinski definition) is 3. The van der Waals surface area contributed by atoms with Crippen molar-refractivity contribution in [2.45, 2.75) is 38.4 Å². The number of nitrogens with one attached hydrogen (secondary N) is 1. The van der Waals surface area contributed by atoms with Crippen molar-refractivity contribution in [3.05, 3.63) is 35.9 Å². The summed E-state index contributed by atoms with van der Waals surface area (Å²) >= 11 is 0. The first-order valence-corrected chi connectivity index (χ1v) is 6.83. The maximum absolute atomic E-state index is 12.1. The summed E-state index contributed by atoms with van der Waals surface area (Å²) in [7, 11) is 0. The van der Waals surface area contributed by atoms with Crippen molar-refractivity contribution in [3.63, 3.8) is 0 Å². The van der Waals surface area contributed by atoms with Gasteiger partial charge in [-0.15, -0.1) is 0 Å². The lowest BCUT2D eigenvalue weighted by atomic mass is 9.95. The number of nitrogens with two attached hydrogens (primary N) is 1. The van der Waals surface area contributed by atoms with Gasteiger partial charge in [-0.2, -0.15) is 0 Å². The molecule has 0 aliphatic carbocycles. The lowest BCUT2D eigenvalue weighted by molar-refractivity contribution is -0.126. The van der Waals surface area contributed by atoms with E-state index in [1.807, 2.05) is 18.2 Å². The topological polar surface area (TPSA) is 58.4 Å². The van der Waals surface area contributed by atoms with E-state index in [0.29, 0.717) is 13.1 Å². The molecule has 4 nitrogen and oxygen atoms in total. The van der Waals surface area contributed by atoms with Crippen LogP contribution in [0.5, 0.6) is 0 Å². The van der Waals surface area contributed by atoms with Crippen LogP contribution in [0.2, 0.25) is 0 Å². The number of rotatable bonds is 3. The molecule has 2 rings (SSSR count). The second kappa shape index (κ2) is 5.72. The lowest BCUT2D eigenvalue weighted by Crippen LogP contribution is -2.55. The van der Waals surface area contributed by atoms with Crippen LogP contribution >= 0.6 is 0 Å². The first-order valence-electron chi connectivity index (χ1n) is 6.83. The third-order valence-corrected chi connectivity index (χ3v) is 3.91. The summed E-state index contributed by atoms with van der Waals surface area (Å²) in [5.41, 5.74) is 6.99. The zero-order chi connectivity index (χ0) is 13.9. The molecule has 1 unspecified atom stereocenters. The quantitative estimate of drug-likeness (QED) is 0.857. The Bertz CT molecular complexity index is 430. The van der Waals surface area contributed by atoms with E-state index in [4.69, 9.17) is 5.73 Å². The molecule has 0 bridgehead atoms. The number of carbonyl (C=O) groups is 1. The Hall–Kier alpha value is -1.39. The van der Waals surface area contributed by atoms with E-state index >= 15 is 0 Å².